The molecule has 0 atom stereocenters. The van der Waals surface area contributed by atoms with E-state index in [4.69, 9.17) is 14.2 Å². The molecule has 7 heteroatoms. The Labute approximate surface area is 155 Å². The number of anilines is 1. The van der Waals surface area contributed by atoms with Crippen molar-refractivity contribution in [2.45, 2.75) is 52.7 Å². The zero-order valence-electron chi connectivity index (χ0n) is 16.5. The summed E-state index contributed by atoms with van der Waals surface area (Å²) in [6, 6.07) is 6.86. The SMILES string of the molecule is C=C(OC(C)(C)C)N(NC(=O)OC(C)(C)C)c1cc(C#N)ccc1OC. The quantitative estimate of drug-likeness (QED) is 0.628. The van der Waals surface area contributed by atoms with Gasteiger partial charge in [-0.3, -0.25) is 0 Å². The minimum atomic E-state index is -0.694. The Morgan fingerprint density at radius 3 is 2.19 bits per heavy atom. The van der Waals surface area contributed by atoms with Gasteiger partial charge in [0.2, 0.25) is 5.88 Å². The summed E-state index contributed by atoms with van der Waals surface area (Å²) < 4.78 is 16.4. The van der Waals surface area contributed by atoms with Crippen molar-refractivity contribution in [2.75, 3.05) is 12.1 Å². The van der Waals surface area contributed by atoms with Crippen LogP contribution >= 0.6 is 0 Å². The van der Waals surface area contributed by atoms with Crippen LogP contribution in [0.15, 0.2) is 30.7 Å². The number of ether oxygens (including phenoxy) is 3. The van der Waals surface area contributed by atoms with E-state index in [1.54, 1.807) is 39.0 Å². The maximum absolute atomic E-state index is 12.3. The van der Waals surface area contributed by atoms with Gasteiger partial charge < -0.3 is 14.2 Å². The van der Waals surface area contributed by atoms with Crippen LogP contribution in [0.25, 0.3) is 0 Å². The first-order valence-electron chi connectivity index (χ1n) is 8.12. The number of nitriles is 1. The van der Waals surface area contributed by atoms with Gasteiger partial charge in [-0.15, -0.1) is 0 Å². The third-order valence-electron chi connectivity index (χ3n) is 2.82. The fourth-order valence-corrected chi connectivity index (χ4v) is 1.98. The average Bonchev–Trinajstić information content (AvgIpc) is 2.48. The minimum absolute atomic E-state index is 0.150. The second kappa shape index (κ2) is 8.00. The summed E-state index contributed by atoms with van der Waals surface area (Å²) in [5.74, 6) is 0.579. The molecule has 0 radical (unpaired) electrons. The first-order chi connectivity index (χ1) is 11.9. The standard InChI is InChI=1S/C19H27N3O4/c1-13(25-18(2,3)4)22(21-17(23)26-19(5,6)7)15-11-14(12-20)9-10-16(15)24-8/h9-11H,1H2,2-8H3,(H,21,23). The maximum Gasteiger partial charge on any atom is 0.427 e. The van der Waals surface area contributed by atoms with Crippen molar-refractivity contribution in [3.8, 4) is 11.8 Å². The van der Waals surface area contributed by atoms with Crippen LogP contribution in [0.2, 0.25) is 0 Å². The smallest absolute Gasteiger partial charge is 0.427 e. The summed E-state index contributed by atoms with van der Waals surface area (Å²) in [7, 11) is 1.49. The second-order valence-corrected chi connectivity index (χ2v) is 7.56. The van der Waals surface area contributed by atoms with E-state index in [0.29, 0.717) is 17.0 Å². The van der Waals surface area contributed by atoms with E-state index in [-0.39, 0.29) is 5.88 Å². The fourth-order valence-electron chi connectivity index (χ4n) is 1.98. The van der Waals surface area contributed by atoms with Gasteiger partial charge in [0.25, 0.3) is 0 Å². The van der Waals surface area contributed by atoms with Gasteiger partial charge in [0.05, 0.1) is 18.7 Å². The van der Waals surface area contributed by atoms with E-state index in [1.165, 1.54) is 12.1 Å². The van der Waals surface area contributed by atoms with E-state index in [2.05, 4.69) is 18.1 Å². The van der Waals surface area contributed by atoms with Gasteiger partial charge in [-0.1, -0.05) is 0 Å². The summed E-state index contributed by atoms with van der Waals surface area (Å²) in [5, 5.41) is 10.5. The van der Waals surface area contributed by atoms with Crippen LogP contribution in [0, 0.1) is 11.3 Å². The molecule has 1 aromatic carbocycles. The Kier molecular flexibility index (Phi) is 6.51. The molecule has 1 aromatic rings. The lowest BCUT2D eigenvalue weighted by Gasteiger charge is -2.32. The molecule has 0 aliphatic carbocycles. The number of carbonyl (C=O) groups is 1. The number of carbonyl (C=O) groups excluding carboxylic acids is 1. The lowest BCUT2D eigenvalue weighted by Crippen LogP contribution is -2.46. The molecule has 7 nitrogen and oxygen atoms in total. The molecular weight excluding hydrogens is 334 g/mol. The maximum atomic E-state index is 12.3. The second-order valence-electron chi connectivity index (χ2n) is 7.56. The van der Waals surface area contributed by atoms with E-state index in [9.17, 15) is 10.1 Å². The van der Waals surface area contributed by atoms with Gasteiger partial charge in [-0.2, -0.15) is 5.26 Å². The summed E-state index contributed by atoms with van der Waals surface area (Å²) in [6.45, 7) is 14.7. The molecule has 0 aliphatic heterocycles. The number of hydrogen-bond acceptors (Lipinski definition) is 6. The number of methoxy groups -OCH3 is 1. The molecule has 0 aliphatic rings. The average molecular weight is 361 g/mol. The lowest BCUT2D eigenvalue weighted by molar-refractivity contribution is 0.0360. The van der Waals surface area contributed by atoms with Crippen LogP contribution in [-0.2, 0) is 9.47 Å². The summed E-state index contributed by atoms with van der Waals surface area (Å²) >= 11 is 0. The highest BCUT2D eigenvalue weighted by atomic mass is 16.6. The number of nitrogens with one attached hydrogen (secondary N) is 1. The Morgan fingerprint density at radius 1 is 1.15 bits per heavy atom. The molecule has 0 saturated heterocycles. The van der Waals surface area contributed by atoms with Crippen molar-refractivity contribution in [2.24, 2.45) is 0 Å². The normalized spacial score (nSPS) is 11.2. The molecule has 0 saturated carbocycles. The highest BCUT2D eigenvalue weighted by Gasteiger charge is 2.25. The number of hydrazine groups is 1. The number of nitrogens with zero attached hydrogens (tertiary/aromatic N) is 2. The van der Waals surface area contributed by atoms with Crippen LogP contribution < -0.4 is 15.2 Å². The molecule has 0 spiro atoms. The lowest BCUT2D eigenvalue weighted by atomic mass is 10.2. The monoisotopic (exact) mass is 361 g/mol. The fraction of sp³-hybridized carbons (Fsp3) is 0.474. The van der Waals surface area contributed by atoms with Gasteiger partial charge >= 0.3 is 6.09 Å². The molecule has 0 unspecified atom stereocenters. The van der Waals surface area contributed by atoms with Crippen LogP contribution in [0.3, 0.4) is 0 Å². The summed E-state index contributed by atoms with van der Waals surface area (Å²) in [6.07, 6.45) is -0.694. The Bertz CT molecular complexity index is 709. The van der Waals surface area contributed by atoms with Crippen molar-refractivity contribution in [3.63, 3.8) is 0 Å². The summed E-state index contributed by atoms with van der Waals surface area (Å²) in [5.41, 5.74) is 2.15. The van der Waals surface area contributed by atoms with Crippen LogP contribution in [0.4, 0.5) is 10.5 Å². The molecule has 1 rings (SSSR count). The molecule has 0 aromatic heterocycles. The van der Waals surface area contributed by atoms with Gasteiger partial charge in [0, 0.05) is 0 Å². The zero-order valence-corrected chi connectivity index (χ0v) is 16.5. The topological polar surface area (TPSA) is 83.8 Å². The zero-order chi connectivity index (χ0) is 20.1. The molecule has 0 bridgehead atoms. The van der Waals surface area contributed by atoms with E-state index in [1.807, 2.05) is 20.8 Å². The van der Waals surface area contributed by atoms with Crippen LogP contribution in [0.1, 0.15) is 47.1 Å². The minimum Gasteiger partial charge on any atom is -0.494 e. The van der Waals surface area contributed by atoms with Gasteiger partial charge in [0.1, 0.15) is 22.6 Å². The van der Waals surface area contributed by atoms with Crippen LogP contribution in [-0.4, -0.2) is 24.4 Å². The first-order valence-corrected chi connectivity index (χ1v) is 8.12. The van der Waals surface area contributed by atoms with E-state index in [0.717, 1.165) is 0 Å². The molecule has 1 amide bonds. The predicted octanol–water partition coefficient (Wildman–Crippen LogP) is 4.10. The van der Waals surface area contributed by atoms with Gasteiger partial charge in [-0.05, 0) is 66.3 Å². The Morgan fingerprint density at radius 2 is 1.73 bits per heavy atom. The summed E-state index contributed by atoms with van der Waals surface area (Å²) in [4.78, 5) is 12.3. The molecule has 142 valence electrons. The molecule has 0 heterocycles. The van der Waals surface area contributed by atoms with Crippen molar-refractivity contribution >= 4 is 11.8 Å². The van der Waals surface area contributed by atoms with E-state index < -0.39 is 17.3 Å². The van der Waals surface area contributed by atoms with Gasteiger partial charge in [-0.25, -0.2) is 15.2 Å². The first kappa shape index (κ1) is 21.2. The van der Waals surface area contributed by atoms with Crippen molar-refractivity contribution in [1.29, 1.82) is 5.26 Å². The molecular formula is C19H27N3O4. The predicted molar refractivity (Wildman–Crippen MR) is 99.5 cm³/mol. The molecule has 26 heavy (non-hydrogen) atoms. The Balaban J connectivity index is 3.30. The third-order valence-corrected chi connectivity index (χ3v) is 2.82. The van der Waals surface area contributed by atoms with Crippen molar-refractivity contribution in [3.05, 3.63) is 36.2 Å². The number of rotatable bonds is 5. The molecule has 0 fully saturated rings. The van der Waals surface area contributed by atoms with E-state index >= 15 is 0 Å². The number of amides is 1. The van der Waals surface area contributed by atoms with Crippen molar-refractivity contribution in [1.82, 2.24) is 5.43 Å². The Hall–Kier alpha value is -2.88. The molecule has 1 N–H and O–H groups in total. The highest BCUT2D eigenvalue weighted by Crippen LogP contribution is 2.31. The third kappa shape index (κ3) is 6.55. The van der Waals surface area contributed by atoms with Crippen LogP contribution in [0.5, 0.6) is 5.75 Å². The highest BCUT2D eigenvalue weighted by molar-refractivity contribution is 5.74. The largest absolute Gasteiger partial charge is 0.494 e. The number of hydrogen-bond donors (Lipinski definition) is 1. The number of benzene rings is 1. The van der Waals surface area contributed by atoms with Crippen molar-refractivity contribution < 1.29 is 19.0 Å². The van der Waals surface area contributed by atoms with Gasteiger partial charge in [0.15, 0.2) is 0 Å².